The number of benzene rings is 4. The Balaban J connectivity index is 1.63. The van der Waals surface area contributed by atoms with Gasteiger partial charge >= 0.3 is 0 Å². The van der Waals surface area contributed by atoms with Crippen LogP contribution in [0.5, 0.6) is 0 Å². The molecule has 2 aliphatic rings. The molecule has 0 spiro atoms. The quantitative estimate of drug-likeness (QED) is 0.247. The van der Waals surface area contributed by atoms with E-state index in [1.807, 2.05) is 0 Å². The van der Waals surface area contributed by atoms with Crippen LogP contribution in [0.2, 0.25) is 19.6 Å². The van der Waals surface area contributed by atoms with Gasteiger partial charge in [0.2, 0.25) is 0 Å². The smallest absolute Gasteiger partial charge is 0.184 e. The van der Waals surface area contributed by atoms with Crippen molar-refractivity contribution in [2.45, 2.75) is 45.0 Å². The fourth-order valence-corrected chi connectivity index (χ4v) is 7.20. The monoisotopic (exact) mass is 446 g/mol. The summed E-state index contributed by atoms with van der Waals surface area (Å²) in [7, 11) is -1.70. The van der Waals surface area contributed by atoms with Crippen molar-refractivity contribution in [1.82, 2.24) is 0 Å². The summed E-state index contributed by atoms with van der Waals surface area (Å²) in [6, 6.07) is 31.5. The van der Waals surface area contributed by atoms with Gasteiger partial charge in [-0.2, -0.15) is 0 Å². The summed E-state index contributed by atoms with van der Waals surface area (Å²) >= 11 is 0. The lowest BCUT2D eigenvalue weighted by Gasteiger charge is -2.29. The zero-order valence-electron chi connectivity index (χ0n) is 19.9. The van der Waals surface area contributed by atoms with Gasteiger partial charge in [-0.1, -0.05) is 84.9 Å². The summed E-state index contributed by atoms with van der Waals surface area (Å²) in [6.07, 6.45) is 1.07. The zero-order valence-corrected chi connectivity index (χ0v) is 20.9. The summed E-state index contributed by atoms with van der Waals surface area (Å²) in [4.78, 5) is 0. The molecule has 1 atom stereocenters. The van der Waals surface area contributed by atoms with Crippen LogP contribution >= 0.6 is 0 Å². The van der Waals surface area contributed by atoms with Crippen LogP contribution in [0.15, 0.2) is 84.9 Å². The highest BCUT2D eigenvalue weighted by atomic mass is 28.4. The summed E-state index contributed by atoms with van der Waals surface area (Å²) in [5, 5.41) is 0. The molecule has 33 heavy (non-hydrogen) atoms. The maximum Gasteiger partial charge on any atom is 0.184 e. The topological polar surface area (TPSA) is 9.23 Å². The van der Waals surface area contributed by atoms with Crippen LogP contribution in [0.25, 0.3) is 22.3 Å². The first-order valence-corrected chi connectivity index (χ1v) is 15.4. The van der Waals surface area contributed by atoms with E-state index in [1.54, 1.807) is 0 Å². The highest BCUT2D eigenvalue weighted by Crippen LogP contribution is 2.53. The molecule has 0 fully saturated rings. The van der Waals surface area contributed by atoms with Crippen molar-refractivity contribution in [3.63, 3.8) is 0 Å². The van der Waals surface area contributed by atoms with Crippen LogP contribution in [0.4, 0.5) is 0 Å². The third-order valence-corrected chi connectivity index (χ3v) is 8.22. The molecule has 1 nitrogen and oxygen atoms in total. The molecule has 0 amide bonds. The third kappa shape index (κ3) is 3.32. The molecule has 0 aliphatic heterocycles. The molecule has 0 radical (unpaired) electrons. The van der Waals surface area contributed by atoms with Gasteiger partial charge in [0, 0.05) is 5.92 Å². The minimum atomic E-state index is -1.70. The Labute approximate surface area is 198 Å². The Kier molecular flexibility index (Phi) is 4.72. The molecule has 0 bridgehead atoms. The van der Waals surface area contributed by atoms with E-state index in [-0.39, 0.29) is 12.0 Å². The second kappa shape index (κ2) is 7.55. The average molecular weight is 447 g/mol. The Morgan fingerprint density at radius 3 is 1.91 bits per heavy atom. The van der Waals surface area contributed by atoms with Gasteiger partial charge in [-0.05, 0) is 88.6 Å². The van der Waals surface area contributed by atoms with E-state index >= 15 is 0 Å². The molecule has 2 heteroatoms. The van der Waals surface area contributed by atoms with E-state index in [0.29, 0.717) is 0 Å². The Bertz CT molecular complexity index is 1330. The molecule has 2 aliphatic carbocycles. The lowest BCUT2D eigenvalue weighted by Crippen LogP contribution is -2.27. The Morgan fingerprint density at radius 2 is 1.27 bits per heavy atom. The summed E-state index contributed by atoms with van der Waals surface area (Å²) in [5.41, 5.74) is 14.1. The summed E-state index contributed by atoms with van der Waals surface area (Å²) in [5.74, 6) is 0.240. The first-order valence-electron chi connectivity index (χ1n) is 12.0. The van der Waals surface area contributed by atoms with Gasteiger partial charge < -0.3 is 4.43 Å². The molecule has 164 valence electrons. The molecule has 0 saturated heterocycles. The van der Waals surface area contributed by atoms with Crippen LogP contribution < -0.4 is 0 Å². The molecule has 0 heterocycles. The molecule has 0 saturated carbocycles. The van der Waals surface area contributed by atoms with E-state index in [0.717, 1.165) is 6.42 Å². The van der Waals surface area contributed by atoms with Crippen molar-refractivity contribution < 1.29 is 4.43 Å². The predicted molar refractivity (Wildman–Crippen MR) is 140 cm³/mol. The first kappa shape index (κ1) is 20.6. The molecule has 1 unspecified atom stereocenters. The molecule has 6 rings (SSSR count). The highest BCUT2D eigenvalue weighted by molar-refractivity contribution is 6.69. The molecule has 0 aromatic heterocycles. The summed E-state index contributed by atoms with van der Waals surface area (Å²) < 4.78 is 6.68. The molecular weight excluding hydrogens is 416 g/mol. The fourth-order valence-electron chi connectivity index (χ4n) is 6.01. The molecular formula is C31H30OSi. The Hall–Kier alpha value is -2.94. The largest absolute Gasteiger partial charge is 0.411 e. The number of fused-ring (bicyclic) bond motifs is 6. The van der Waals surface area contributed by atoms with E-state index in [4.69, 9.17) is 4.43 Å². The number of hydrogen-bond donors (Lipinski definition) is 0. The van der Waals surface area contributed by atoms with Gasteiger partial charge in [0.15, 0.2) is 8.32 Å². The van der Waals surface area contributed by atoms with E-state index < -0.39 is 8.32 Å². The maximum atomic E-state index is 6.68. The van der Waals surface area contributed by atoms with Crippen molar-refractivity contribution in [3.05, 3.63) is 118 Å². The minimum Gasteiger partial charge on any atom is -0.411 e. The highest BCUT2D eigenvalue weighted by Gasteiger charge is 2.36. The SMILES string of the molecule is CC(O[Si](C)(C)C)c1ccc2c(c1C1c3ccccc3-c3ccccc31)Cc1ccccc1-2. The van der Waals surface area contributed by atoms with Gasteiger partial charge in [-0.15, -0.1) is 0 Å². The minimum absolute atomic E-state index is 0.0700. The van der Waals surface area contributed by atoms with Crippen LogP contribution in [0.1, 0.15) is 52.3 Å². The van der Waals surface area contributed by atoms with Gasteiger partial charge in [-0.25, -0.2) is 0 Å². The Morgan fingerprint density at radius 1 is 0.697 bits per heavy atom. The van der Waals surface area contributed by atoms with E-state index in [9.17, 15) is 0 Å². The number of rotatable bonds is 4. The van der Waals surface area contributed by atoms with E-state index in [2.05, 4.69) is 111 Å². The van der Waals surface area contributed by atoms with E-state index in [1.165, 1.54) is 55.6 Å². The maximum absolute atomic E-state index is 6.68. The molecule has 0 N–H and O–H groups in total. The fraction of sp³-hybridized carbons (Fsp3) is 0.226. The first-order chi connectivity index (χ1) is 15.9. The average Bonchev–Trinajstić information content (AvgIpc) is 3.33. The van der Waals surface area contributed by atoms with Crippen LogP contribution in [0.3, 0.4) is 0 Å². The van der Waals surface area contributed by atoms with Crippen molar-refractivity contribution in [1.29, 1.82) is 0 Å². The lowest BCUT2D eigenvalue weighted by molar-refractivity contribution is 0.218. The van der Waals surface area contributed by atoms with Crippen molar-refractivity contribution in [2.75, 3.05) is 0 Å². The van der Waals surface area contributed by atoms with Crippen LogP contribution in [-0.4, -0.2) is 8.32 Å². The standard InChI is InChI=1S/C31H30OSi/c1-20(32-33(2,3)4)22-17-18-26-23-12-6-5-11-21(23)19-29(26)30(22)31-27-15-9-7-13-24(27)25-14-8-10-16-28(25)31/h5-18,20,31H,19H2,1-4H3. The van der Waals surface area contributed by atoms with Gasteiger partial charge in [0.1, 0.15) is 0 Å². The second-order valence-electron chi connectivity index (χ2n) is 10.4. The van der Waals surface area contributed by atoms with Crippen molar-refractivity contribution >= 4 is 8.32 Å². The van der Waals surface area contributed by atoms with Gasteiger partial charge in [0.05, 0.1) is 6.10 Å². The second-order valence-corrected chi connectivity index (χ2v) is 14.9. The van der Waals surface area contributed by atoms with Crippen LogP contribution in [-0.2, 0) is 10.8 Å². The normalized spacial score (nSPS) is 15.0. The van der Waals surface area contributed by atoms with Gasteiger partial charge in [0.25, 0.3) is 0 Å². The predicted octanol–water partition coefficient (Wildman–Crippen LogP) is 8.33. The molecule has 4 aromatic rings. The van der Waals surface area contributed by atoms with Gasteiger partial charge in [-0.3, -0.25) is 0 Å². The third-order valence-electron chi connectivity index (χ3n) is 7.16. The summed E-state index contributed by atoms with van der Waals surface area (Å²) in [6.45, 7) is 9.10. The van der Waals surface area contributed by atoms with Crippen molar-refractivity contribution in [3.8, 4) is 22.3 Å². The number of hydrogen-bond acceptors (Lipinski definition) is 1. The van der Waals surface area contributed by atoms with Crippen molar-refractivity contribution in [2.24, 2.45) is 0 Å². The molecule has 4 aromatic carbocycles. The zero-order chi connectivity index (χ0) is 22.7. The lowest BCUT2D eigenvalue weighted by atomic mass is 9.80. The van der Waals surface area contributed by atoms with Crippen LogP contribution in [0, 0.1) is 0 Å².